The fraction of sp³-hybridized carbons (Fsp3) is 0.318. The Morgan fingerprint density at radius 3 is 2.61 bits per heavy atom. The Morgan fingerprint density at radius 1 is 1.04 bits per heavy atom. The molecule has 2 aromatic carbocycles. The molecule has 0 saturated heterocycles. The van der Waals surface area contributed by atoms with Crippen molar-refractivity contribution in [1.29, 1.82) is 0 Å². The Balaban J connectivity index is 1.45. The molecule has 1 N–H and O–H groups in total. The normalized spacial score (nSPS) is 14.7. The van der Waals surface area contributed by atoms with Gasteiger partial charge in [-0.2, -0.15) is 0 Å². The van der Waals surface area contributed by atoms with Crippen molar-refractivity contribution in [3.8, 4) is 11.5 Å². The lowest BCUT2D eigenvalue weighted by atomic mass is 9.95. The molecule has 0 radical (unpaired) electrons. The van der Waals surface area contributed by atoms with Crippen LogP contribution in [-0.2, 0) is 9.53 Å². The number of nitrogens with zero attached hydrogens (tertiary/aromatic N) is 1. The van der Waals surface area contributed by atoms with E-state index < -0.39 is 5.97 Å². The molecule has 1 heterocycles. The zero-order valence-electron chi connectivity index (χ0n) is 15.5. The monoisotopic (exact) mass is 378 g/mol. The first kappa shape index (κ1) is 18.2. The number of hydrogen-bond donors (Lipinski definition) is 1. The Bertz CT molecular complexity index is 956. The molecule has 1 saturated carbocycles. The summed E-state index contributed by atoms with van der Waals surface area (Å²) < 4.78 is 11.0. The van der Waals surface area contributed by atoms with Gasteiger partial charge in [0.15, 0.2) is 12.2 Å². The maximum atomic E-state index is 12.6. The number of para-hydroxylation sites is 2. The minimum Gasteiger partial charge on any atom is -0.452 e. The number of carbonyl (C=O) groups is 2. The van der Waals surface area contributed by atoms with Crippen molar-refractivity contribution < 1.29 is 18.7 Å². The number of aromatic nitrogens is 1. The van der Waals surface area contributed by atoms with Gasteiger partial charge in [0.25, 0.3) is 5.91 Å². The van der Waals surface area contributed by atoms with E-state index in [2.05, 4.69) is 10.3 Å². The minimum absolute atomic E-state index is 0.187. The predicted molar refractivity (Wildman–Crippen MR) is 105 cm³/mol. The summed E-state index contributed by atoms with van der Waals surface area (Å²) in [6.45, 7) is -0.294. The number of amides is 1. The van der Waals surface area contributed by atoms with E-state index in [4.69, 9.17) is 9.15 Å². The fourth-order valence-corrected chi connectivity index (χ4v) is 3.56. The van der Waals surface area contributed by atoms with Crippen molar-refractivity contribution in [3.05, 3.63) is 54.1 Å². The molecule has 4 rings (SSSR count). The van der Waals surface area contributed by atoms with Gasteiger partial charge in [-0.15, -0.1) is 0 Å². The standard InChI is InChI=1S/C22H22N2O4/c25-20(23-15-8-2-1-3-9-15)14-27-22(26)17-11-5-4-10-16(17)21-24-18-12-6-7-13-19(18)28-21/h4-7,10-13,15H,1-3,8-9,14H2,(H,23,25). The number of hydrogen-bond acceptors (Lipinski definition) is 5. The molecule has 0 spiro atoms. The summed E-state index contributed by atoms with van der Waals surface area (Å²) in [4.78, 5) is 29.1. The van der Waals surface area contributed by atoms with Gasteiger partial charge < -0.3 is 14.5 Å². The van der Waals surface area contributed by atoms with Crippen molar-refractivity contribution >= 4 is 23.0 Å². The molecule has 1 aliphatic rings. The van der Waals surface area contributed by atoms with E-state index in [1.54, 1.807) is 24.3 Å². The molecule has 6 nitrogen and oxygen atoms in total. The van der Waals surface area contributed by atoms with Crippen molar-refractivity contribution in [2.75, 3.05) is 6.61 Å². The maximum absolute atomic E-state index is 12.6. The highest BCUT2D eigenvalue weighted by molar-refractivity contribution is 5.97. The van der Waals surface area contributed by atoms with Crippen LogP contribution in [0.1, 0.15) is 42.5 Å². The summed E-state index contributed by atoms with van der Waals surface area (Å²) >= 11 is 0. The number of rotatable bonds is 5. The lowest BCUT2D eigenvalue weighted by Gasteiger charge is -2.22. The first-order valence-electron chi connectivity index (χ1n) is 9.62. The highest BCUT2D eigenvalue weighted by Crippen LogP contribution is 2.27. The van der Waals surface area contributed by atoms with Gasteiger partial charge in [-0.1, -0.05) is 43.5 Å². The molecule has 1 aliphatic carbocycles. The second-order valence-electron chi connectivity index (χ2n) is 7.01. The predicted octanol–water partition coefficient (Wildman–Crippen LogP) is 4.10. The van der Waals surface area contributed by atoms with Gasteiger partial charge >= 0.3 is 5.97 Å². The summed E-state index contributed by atoms with van der Waals surface area (Å²) in [5.74, 6) is -0.489. The Labute approximate surface area is 162 Å². The van der Waals surface area contributed by atoms with Crippen LogP contribution in [-0.4, -0.2) is 29.5 Å². The van der Waals surface area contributed by atoms with Crippen LogP contribution in [0.5, 0.6) is 0 Å². The molecule has 28 heavy (non-hydrogen) atoms. The molecule has 3 aromatic rings. The van der Waals surface area contributed by atoms with Crippen molar-refractivity contribution in [2.45, 2.75) is 38.1 Å². The second-order valence-corrected chi connectivity index (χ2v) is 7.01. The number of fused-ring (bicyclic) bond motifs is 1. The molecule has 0 bridgehead atoms. The van der Waals surface area contributed by atoms with E-state index >= 15 is 0 Å². The van der Waals surface area contributed by atoms with Crippen LogP contribution in [0, 0.1) is 0 Å². The molecule has 1 aromatic heterocycles. The topological polar surface area (TPSA) is 81.4 Å². The molecule has 144 valence electrons. The van der Waals surface area contributed by atoms with Crippen molar-refractivity contribution in [2.24, 2.45) is 0 Å². The van der Waals surface area contributed by atoms with Crippen molar-refractivity contribution in [3.63, 3.8) is 0 Å². The van der Waals surface area contributed by atoms with Gasteiger partial charge in [0, 0.05) is 6.04 Å². The third kappa shape index (κ3) is 4.06. The Hall–Kier alpha value is -3.15. The van der Waals surface area contributed by atoms with Crippen LogP contribution in [0.25, 0.3) is 22.6 Å². The van der Waals surface area contributed by atoms with Gasteiger partial charge in [-0.05, 0) is 37.1 Å². The second kappa shape index (κ2) is 8.25. The molecule has 0 aliphatic heterocycles. The average Bonchev–Trinajstić information content (AvgIpc) is 3.17. The zero-order chi connectivity index (χ0) is 19.3. The van der Waals surface area contributed by atoms with Gasteiger partial charge in [0.2, 0.25) is 5.89 Å². The molecular formula is C22H22N2O4. The first-order valence-corrected chi connectivity index (χ1v) is 9.62. The van der Waals surface area contributed by atoms with Crippen molar-refractivity contribution in [1.82, 2.24) is 10.3 Å². The van der Waals surface area contributed by atoms with Crippen LogP contribution < -0.4 is 5.32 Å². The van der Waals surface area contributed by atoms with E-state index in [-0.39, 0.29) is 18.6 Å². The van der Waals surface area contributed by atoms with Gasteiger partial charge in [0.1, 0.15) is 5.52 Å². The third-order valence-corrected chi connectivity index (χ3v) is 4.98. The zero-order valence-corrected chi connectivity index (χ0v) is 15.5. The third-order valence-electron chi connectivity index (χ3n) is 4.98. The lowest BCUT2D eigenvalue weighted by molar-refractivity contribution is -0.125. The van der Waals surface area contributed by atoms with E-state index in [9.17, 15) is 9.59 Å². The molecule has 6 heteroatoms. The lowest BCUT2D eigenvalue weighted by Crippen LogP contribution is -2.38. The Morgan fingerprint density at radius 2 is 1.79 bits per heavy atom. The fourth-order valence-electron chi connectivity index (χ4n) is 3.56. The van der Waals surface area contributed by atoms with Gasteiger partial charge in [0.05, 0.1) is 11.1 Å². The van der Waals surface area contributed by atoms with Crippen LogP contribution in [0.4, 0.5) is 0 Å². The molecule has 1 fully saturated rings. The minimum atomic E-state index is -0.573. The number of carbonyl (C=O) groups excluding carboxylic acids is 2. The highest BCUT2D eigenvalue weighted by atomic mass is 16.5. The highest BCUT2D eigenvalue weighted by Gasteiger charge is 2.20. The van der Waals surface area contributed by atoms with E-state index in [1.807, 2.05) is 24.3 Å². The first-order chi connectivity index (χ1) is 13.7. The van der Waals surface area contributed by atoms with Gasteiger partial charge in [-0.25, -0.2) is 9.78 Å². The quantitative estimate of drug-likeness (QED) is 0.676. The summed E-state index contributed by atoms with van der Waals surface area (Å²) in [6, 6.07) is 14.5. The molecular weight excluding hydrogens is 356 g/mol. The number of oxazole rings is 1. The van der Waals surface area contributed by atoms with Crippen LogP contribution >= 0.6 is 0 Å². The van der Waals surface area contributed by atoms with E-state index in [0.717, 1.165) is 25.7 Å². The molecule has 0 unspecified atom stereocenters. The maximum Gasteiger partial charge on any atom is 0.339 e. The summed E-state index contributed by atoms with van der Waals surface area (Å²) in [7, 11) is 0. The Kier molecular flexibility index (Phi) is 5.37. The number of ether oxygens (including phenoxy) is 1. The largest absolute Gasteiger partial charge is 0.452 e. The van der Waals surface area contributed by atoms with Crippen LogP contribution in [0.2, 0.25) is 0 Å². The van der Waals surface area contributed by atoms with E-state index in [0.29, 0.717) is 28.1 Å². The number of nitrogens with one attached hydrogen (secondary N) is 1. The smallest absolute Gasteiger partial charge is 0.339 e. The molecule has 1 amide bonds. The van der Waals surface area contributed by atoms with Crippen LogP contribution in [0.3, 0.4) is 0 Å². The summed E-state index contributed by atoms with van der Waals surface area (Å²) in [5.41, 5.74) is 2.22. The number of benzene rings is 2. The average molecular weight is 378 g/mol. The molecule has 0 atom stereocenters. The van der Waals surface area contributed by atoms with Gasteiger partial charge in [-0.3, -0.25) is 4.79 Å². The SMILES string of the molecule is O=C(COC(=O)c1ccccc1-c1nc2ccccc2o1)NC1CCCCC1. The number of esters is 1. The van der Waals surface area contributed by atoms with E-state index in [1.165, 1.54) is 6.42 Å². The summed E-state index contributed by atoms with van der Waals surface area (Å²) in [6.07, 6.45) is 5.44. The van der Waals surface area contributed by atoms with Crippen LogP contribution in [0.15, 0.2) is 52.9 Å². The summed E-state index contributed by atoms with van der Waals surface area (Å²) in [5, 5.41) is 2.94.